The number of benzene rings is 1. The van der Waals surface area contributed by atoms with Crippen LogP contribution in [0.2, 0.25) is 0 Å². The van der Waals surface area contributed by atoms with E-state index in [2.05, 4.69) is 42.6 Å². The van der Waals surface area contributed by atoms with E-state index in [9.17, 15) is 0 Å². The summed E-state index contributed by atoms with van der Waals surface area (Å²) in [5, 5.41) is 3.83. The van der Waals surface area contributed by atoms with Gasteiger partial charge in [0.25, 0.3) is 0 Å². The van der Waals surface area contributed by atoms with Crippen LogP contribution in [0.3, 0.4) is 0 Å². The summed E-state index contributed by atoms with van der Waals surface area (Å²) < 4.78 is 0. The molecule has 0 spiro atoms. The van der Waals surface area contributed by atoms with Crippen molar-refractivity contribution < 1.29 is 0 Å². The molecule has 3 aliphatic rings. The number of fused-ring (bicyclic) bond motifs is 2. The Kier molecular flexibility index (Phi) is 3.79. The largest absolute Gasteiger partial charge is 0.314 e. The molecule has 6 unspecified atom stereocenters. The zero-order valence-electron chi connectivity index (χ0n) is 13.3. The first-order valence-electron chi connectivity index (χ1n) is 9.13. The number of nitrogens with one attached hydrogen (secondary N) is 1. The lowest BCUT2D eigenvalue weighted by Gasteiger charge is -2.27. The number of rotatable bonds is 6. The van der Waals surface area contributed by atoms with E-state index >= 15 is 0 Å². The van der Waals surface area contributed by atoms with Crippen molar-refractivity contribution in [2.24, 2.45) is 23.7 Å². The van der Waals surface area contributed by atoms with E-state index in [4.69, 9.17) is 0 Å². The molecular formula is C20H29N. The molecule has 0 aromatic heterocycles. The predicted molar refractivity (Wildman–Crippen MR) is 88.3 cm³/mol. The minimum absolute atomic E-state index is 0.768. The van der Waals surface area contributed by atoms with E-state index < -0.39 is 0 Å². The van der Waals surface area contributed by atoms with Crippen molar-refractivity contribution in [1.29, 1.82) is 0 Å². The van der Waals surface area contributed by atoms with Gasteiger partial charge in [-0.1, -0.05) is 43.7 Å². The molecule has 1 aromatic carbocycles. The molecule has 4 rings (SSSR count). The van der Waals surface area contributed by atoms with Crippen molar-refractivity contribution in [2.45, 2.75) is 57.4 Å². The summed E-state index contributed by atoms with van der Waals surface area (Å²) in [5.74, 6) is 4.92. The van der Waals surface area contributed by atoms with E-state index in [0.29, 0.717) is 0 Å². The van der Waals surface area contributed by atoms with Crippen molar-refractivity contribution >= 4 is 0 Å². The normalized spacial score (nSPS) is 38.6. The zero-order valence-corrected chi connectivity index (χ0v) is 13.3. The highest BCUT2D eigenvalue weighted by atomic mass is 14.9. The second kappa shape index (κ2) is 5.76. The summed E-state index contributed by atoms with van der Waals surface area (Å²) in [6, 6.07) is 11.9. The molecule has 0 heterocycles. The van der Waals surface area contributed by atoms with Gasteiger partial charge in [-0.3, -0.25) is 0 Å². The highest BCUT2D eigenvalue weighted by Crippen LogP contribution is 2.54. The first-order chi connectivity index (χ1) is 10.3. The summed E-state index contributed by atoms with van der Waals surface area (Å²) >= 11 is 0. The van der Waals surface area contributed by atoms with Crippen LogP contribution >= 0.6 is 0 Å². The molecule has 0 aliphatic heterocycles. The van der Waals surface area contributed by atoms with E-state index in [0.717, 1.165) is 42.2 Å². The molecule has 3 fully saturated rings. The molecule has 0 amide bonds. The van der Waals surface area contributed by atoms with Gasteiger partial charge in [-0.15, -0.1) is 0 Å². The van der Waals surface area contributed by atoms with Gasteiger partial charge in [0.2, 0.25) is 0 Å². The summed E-state index contributed by atoms with van der Waals surface area (Å²) in [7, 11) is 0. The topological polar surface area (TPSA) is 12.0 Å². The van der Waals surface area contributed by atoms with Gasteiger partial charge in [-0.25, -0.2) is 0 Å². The smallest absolute Gasteiger partial charge is 0.0104 e. The Labute approximate surface area is 129 Å². The Balaban J connectivity index is 1.39. The van der Waals surface area contributed by atoms with Crippen LogP contribution in [0.25, 0.3) is 0 Å². The highest BCUT2D eigenvalue weighted by Gasteiger charge is 2.46. The van der Waals surface area contributed by atoms with Gasteiger partial charge in [-0.05, 0) is 73.8 Å². The molecule has 2 bridgehead atoms. The SMILES string of the molecule is CCNC(CC1CC2CCC1C2)C1CC1c1ccccc1. The lowest BCUT2D eigenvalue weighted by molar-refractivity contribution is 0.266. The molecule has 1 nitrogen and oxygen atoms in total. The molecule has 1 aromatic rings. The molecule has 1 N–H and O–H groups in total. The van der Waals surface area contributed by atoms with Gasteiger partial charge in [0.05, 0.1) is 0 Å². The third-order valence-corrected chi connectivity index (χ3v) is 6.49. The van der Waals surface area contributed by atoms with Crippen molar-refractivity contribution in [3.63, 3.8) is 0 Å². The molecule has 3 aliphatic carbocycles. The summed E-state index contributed by atoms with van der Waals surface area (Å²) in [6.07, 6.45) is 9.00. The maximum atomic E-state index is 3.83. The van der Waals surface area contributed by atoms with Gasteiger partial charge in [0.1, 0.15) is 0 Å². The first-order valence-corrected chi connectivity index (χ1v) is 9.13. The number of hydrogen-bond donors (Lipinski definition) is 1. The molecule has 1 heteroatoms. The predicted octanol–water partition coefficient (Wildman–Crippen LogP) is 4.59. The lowest BCUT2D eigenvalue weighted by Crippen LogP contribution is -2.34. The average Bonchev–Trinajstić information content (AvgIpc) is 3.05. The van der Waals surface area contributed by atoms with Gasteiger partial charge < -0.3 is 5.32 Å². The van der Waals surface area contributed by atoms with E-state index in [1.54, 1.807) is 12.0 Å². The van der Waals surface area contributed by atoms with Crippen molar-refractivity contribution in [3.8, 4) is 0 Å². The Hall–Kier alpha value is -0.820. The van der Waals surface area contributed by atoms with Gasteiger partial charge in [-0.2, -0.15) is 0 Å². The number of hydrogen-bond acceptors (Lipinski definition) is 1. The fourth-order valence-corrected chi connectivity index (χ4v) is 5.41. The Morgan fingerprint density at radius 3 is 2.62 bits per heavy atom. The van der Waals surface area contributed by atoms with Crippen LogP contribution < -0.4 is 5.32 Å². The Bertz CT molecular complexity index is 468. The molecule has 0 saturated heterocycles. The third kappa shape index (κ3) is 2.77. The van der Waals surface area contributed by atoms with Crippen molar-refractivity contribution in [3.05, 3.63) is 35.9 Å². The van der Waals surface area contributed by atoms with Crippen LogP contribution in [0.1, 0.15) is 56.9 Å². The first kappa shape index (κ1) is 13.8. The summed E-state index contributed by atoms with van der Waals surface area (Å²) in [6.45, 7) is 3.40. The molecule has 114 valence electrons. The zero-order chi connectivity index (χ0) is 14.2. The highest BCUT2D eigenvalue weighted by molar-refractivity contribution is 5.26. The van der Waals surface area contributed by atoms with Crippen LogP contribution in [0, 0.1) is 23.7 Å². The maximum absolute atomic E-state index is 3.83. The van der Waals surface area contributed by atoms with Crippen LogP contribution in [-0.2, 0) is 0 Å². The molecule has 6 atom stereocenters. The Morgan fingerprint density at radius 2 is 1.95 bits per heavy atom. The molecule has 3 saturated carbocycles. The Morgan fingerprint density at radius 1 is 1.10 bits per heavy atom. The van der Waals surface area contributed by atoms with Gasteiger partial charge in [0, 0.05) is 6.04 Å². The standard InChI is InChI=1S/C20H29N/c1-2-21-20(12-17-11-14-8-9-16(17)10-14)19-13-18(19)15-6-4-3-5-7-15/h3-7,14,16-21H,2,8-13H2,1H3. The van der Waals surface area contributed by atoms with Gasteiger partial charge >= 0.3 is 0 Å². The molecular weight excluding hydrogens is 254 g/mol. The fraction of sp³-hybridized carbons (Fsp3) is 0.700. The summed E-state index contributed by atoms with van der Waals surface area (Å²) in [5.41, 5.74) is 1.57. The average molecular weight is 283 g/mol. The second-order valence-corrected chi connectivity index (χ2v) is 7.75. The van der Waals surface area contributed by atoms with E-state index in [1.165, 1.54) is 32.1 Å². The van der Waals surface area contributed by atoms with Crippen molar-refractivity contribution in [2.75, 3.05) is 6.54 Å². The van der Waals surface area contributed by atoms with E-state index in [1.807, 2.05) is 0 Å². The lowest BCUT2D eigenvalue weighted by atomic mass is 9.83. The van der Waals surface area contributed by atoms with E-state index in [-0.39, 0.29) is 0 Å². The third-order valence-electron chi connectivity index (χ3n) is 6.49. The van der Waals surface area contributed by atoms with Crippen LogP contribution in [-0.4, -0.2) is 12.6 Å². The monoisotopic (exact) mass is 283 g/mol. The maximum Gasteiger partial charge on any atom is 0.0104 e. The fourth-order valence-electron chi connectivity index (χ4n) is 5.41. The van der Waals surface area contributed by atoms with Crippen LogP contribution in [0.15, 0.2) is 30.3 Å². The minimum Gasteiger partial charge on any atom is -0.314 e. The molecule has 0 radical (unpaired) electrons. The quantitative estimate of drug-likeness (QED) is 0.805. The van der Waals surface area contributed by atoms with Gasteiger partial charge in [0.15, 0.2) is 0 Å². The van der Waals surface area contributed by atoms with Crippen LogP contribution in [0.4, 0.5) is 0 Å². The molecule has 21 heavy (non-hydrogen) atoms. The second-order valence-electron chi connectivity index (χ2n) is 7.75. The minimum atomic E-state index is 0.768. The van der Waals surface area contributed by atoms with Crippen molar-refractivity contribution in [1.82, 2.24) is 5.32 Å². The van der Waals surface area contributed by atoms with Crippen LogP contribution in [0.5, 0.6) is 0 Å². The summed E-state index contributed by atoms with van der Waals surface area (Å²) in [4.78, 5) is 0.